The van der Waals surface area contributed by atoms with E-state index < -0.39 is 38.7 Å². The van der Waals surface area contributed by atoms with Crippen LogP contribution in [0.5, 0.6) is 0 Å². The first-order chi connectivity index (χ1) is 17.7. The third kappa shape index (κ3) is 4.20. The Bertz CT molecular complexity index is 1700. The second kappa shape index (κ2) is 7.75. The highest BCUT2D eigenvalue weighted by molar-refractivity contribution is 8.47. The Labute approximate surface area is 211 Å². The molecule has 4 aromatic rings. The zero-order valence-corrected chi connectivity index (χ0v) is 19.8. The van der Waals surface area contributed by atoms with E-state index in [0.717, 1.165) is 23.8 Å². The Morgan fingerprint density at radius 1 is 1.13 bits per heavy atom. The number of fused-ring (bicyclic) bond motifs is 1. The van der Waals surface area contributed by atoms with Crippen LogP contribution in [0.4, 0.5) is 29.5 Å². The molecule has 196 valence electrons. The summed E-state index contributed by atoms with van der Waals surface area (Å²) in [7, 11) is -10.4. The quantitative estimate of drug-likeness (QED) is 0.280. The maximum Gasteiger partial charge on any atom is 0.306 e. The minimum absolute atomic E-state index is 0.0180. The van der Waals surface area contributed by atoms with E-state index in [-0.39, 0.29) is 17.5 Å². The van der Waals surface area contributed by atoms with Gasteiger partial charge >= 0.3 is 10.2 Å². The van der Waals surface area contributed by atoms with Gasteiger partial charge in [0.25, 0.3) is 5.91 Å². The Balaban J connectivity index is 1.44. The fourth-order valence-electron chi connectivity index (χ4n) is 4.03. The summed E-state index contributed by atoms with van der Waals surface area (Å²) in [6, 6.07) is 9.29. The monoisotopic (exact) mass is 550 g/mol. The molecule has 1 unspecified atom stereocenters. The van der Waals surface area contributed by atoms with Gasteiger partial charge < -0.3 is 5.32 Å². The minimum atomic E-state index is -10.4. The number of benzene rings is 1. The van der Waals surface area contributed by atoms with Crippen LogP contribution in [0.1, 0.15) is 6.42 Å². The topological polar surface area (TPSA) is 88.0 Å². The largest absolute Gasteiger partial charge is 0.322 e. The van der Waals surface area contributed by atoms with Crippen LogP contribution < -0.4 is 5.32 Å². The van der Waals surface area contributed by atoms with Crippen molar-refractivity contribution in [3.63, 3.8) is 0 Å². The molecule has 0 saturated carbocycles. The van der Waals surface area contributed by atoms with Gasteiger partial charge in [-0.25, -0.2) is 8.91 Å². The number of aromatic nitrogens is 4. The molecule has 0 saturated heterocycles. The summed E-state index contributed by atoms with van der Waals surface area (Å²) in [5.41, 5.74) is 1.02. The molecule has 14 heteroatoms. The number of allylic oxidation sites excluding steroid dienone is 2. The lowest BCUT2D eigenvalue weighted by atomic mass is 9.94. The third-order valence-corrected chi connectivity index (χ3v) is 7.77. The van der Waals surface area contributed by atoms with Crippen molar-refractivity contribution in [2.24, 2.45) is 0 Å². The molecule has 1 aliphatic carbocycles. The Kier molecular flexibility index (Phi) is 5.13. The second-order valence-corrected chi connectivity index (χ2v) is 11.2. The molecular formula is C24H16F6N6OS. The molecule has 1 amide bonds. The van der Waals surface area contributed by atoms with Crippen LogP contribution in [-0.4, -0.2) is 29.8 Å². The molecular weight excluding hydrogens is 534 g/mol. The van der Waals surface area contributed by atoms with Crippen LogP contribution in [-0.2, 0) is 4.79 Å². The van der Waals surface area contributed by atoms with Crippen molar-refractivity contribution in [1.29, 1.82) is 5.26 Å². The minimum Gasteiger partial charge on any atom is -0.322 e. The molecule has 1 aliphatic rings. The molecule has 0 fully saturated rings. The molecule has 7 nitrogen and oxygen atoms in total. The molecule has 1 atom stereocenters. The predicted molar refractivity (Wildman–Crippen MR) is 130 cm³/mol. The SMILES string of the molecule is N#CC1(S(F)(F)(F)(F)F)C=CC=C(C(=O)Nc2ccc(F)c(-n3ccn4nc(-c5cccnc5)cc34)c2)C1. The summed E-state index contributed by atoms with van der Waals surface area (Å²) in [6.07, 6.45) is 6.31. The number of pyridine rings is 1. The second-order valence-electron chi connectivity index (χ2n) is 8.56. The number of amides is 1. The van der Waals surface area contributed by atoms with E-state index in [1.165, 1.54) is 21.3 Å². The van der Waals surface area contributed by atoms with Crippen molar-refractivity contribution < 1.29 is 28.6 Å². The Morgan fingerprint density at radius 3 is 2.61 bits per heavy atom. The zero-order valence-electron chi connectivity index (χ0n) is 19.0. The molecule has 0 radical (unpaired) electrons. The first kappa shape index (κ1) is 25.2. The number of imidazole rings is 1. The van der Waals surface area contributed by atoms with Crippen LogP contribution in [0.15, 0.2) is 85.0 Å². The van der Waals surface area contributed by atoms with Gasteiger partial charge in [-0.3, -0.25) is 14.3 Å². The van der Waals surface area contributed by atoms with Gasteiger partial charge in [0.15, 0.2) is 0 Å². The number of nitrogens with one attached hydrogen (secondary N) is 1. The van der Waals surface area contributed by atoms with E-state index in [4.69, 9.17) is 5.26 Å². The first-order valence-corrected chi connectivity index (χ1v) is 12.8. The summed E-state index contributed by atoms with van der Waals surface area (Å²) >= 11 is 0. The van der Waals surface area contributed by atoms with E-state index in [1.807, 2.05) is 0 Å². The van der Waals surface area contributed by atoms with Gasteiger partial charge in [-0.2, -0.15) is 10.4 Å². The van der Waals surface area contributed by atoms with E-state index in [0.29, 0.717) is 23.5 Å². The number of carbonyl (C=O) groups is 1. The molecule has 1 N–H and O–H groups in total. The smallest absolute Gasteiger partial charge is 0.306 e. The summed E-state index contributed by atoms with van der Waals surface area (Å²) in [5.74, 6) is -1.83. The summed E-state index contributed by atoms with van der Waals surface area (Å²) in [5, 5.41) is 15.8. The highest BCUT2D eigenvalue weighted by atomic mass is 32.5. The highest BCUT2D eigenvalue weighted by Gasteiger charge is 2.79. The number of hydrogen-bond donors (Lipinski definition) is 1. The van der Waals surface area contributed by atoms with Crippen molar-refractivity contribution in [2.75, 3.05) is 5.32 Å². The van der Waals surface area contributed by atoms with Gasteiger partial charge in [0.05, 0.1) is 17.5 Å². The number of hydrogen-bond acceptors (Lipinski definition) is 4. The van der Waals surface area contributed by atoms with Crippen molar-refractivity contribution in [3.05, 3.63) is 90.8 Å². The fourth-order valence-corrected chi connectivity index (χ4v) is 4.97. The van der Waals surface area contributed by atoms with Crippen molar-refractivity contribution >= 4 is 27.5 Å². The van der Waals surface area contributed by atoms with Gasteiger partial charge in [-0.05, 0) is 36.4 Å². The molecule has 38 heavy (non-hydrogen) atoms. The maximum absolute atomic E-state index is 14.8. The van der Waals surface area contributed by atoms with Crippen LogP contribution in [0.3, 0.4) is 0 Å². The molecule has 1 aromatic carbocycles. The van der Waals surface area contributed by atoms with Crippen LogP contribution in [0.2, 0.25) is 0 Å². The number of nitrogens with zero attached hydrogens (tertiary/aromatic N) is 5. The Morgan fingerprint density at radius 2 is 1.92 bits per heavy atom. The first-order valence-electron chi connectivity index (χ1n) is 10.8. The fraction of sp³-hybridized carbons (Fsp3) is 0.0833. The van der Waals surface area contributed by atoms with Gasteiger partial charge in [0, 0.05) is 54.1 Å². The lowest BCUT2D eigenvalue weighted by Gasteiger charge is -2.51. The lowest BCUT2D eigenvalue weighted by molar-refractivity contribution is -0.113. The number of carbonyl (C=O) groups excluding carboxylic acids is 1. The maximum atomic E-state index is 14.8. The number of nitriles is 1. The number of anilines is 1. The normalized spacial score (nSPS) is 19.3. The molecule has 0 spiro atoms. The number of halogens is 6. The lowest BCUT2D eigenvalue weighted by Crippen LogP contribution is -2.41. The van der Waals surface area contributed by atoms with Gasteiger partial charge in [0.2, 0.25) is 4.75 Å². The van der Waals surface area contributed by atoms with Crippen molar-refractivity contribution in [1.82, 2.24) is 19.2 Å². The molecule has 3 heterocycles. The summed E-state index contributed by atoms with van der Waals surface area (Å²) < 4.78 is 81.7. The Hall–Kier alpha value is -4.51. The zero-order chi connectivity index (χ0) is 27.4. The number of rotatable bonds is 5. The standard InChI is InChI=1S/C24H16F6N6OS/c25-19-6-5-18(33-23(37)16-3-1-7-24(13-16,15-31)38(26,27,28,29)30)11-21(19)35-9-10-36-22(35)12-20(34-36)17-4-2-8-32-14-17/h1-12,14H,13H2,(H,33,37). The third-order valence-electron chi connectivity index (χ3n) is 6.03. The van der Waals surface area contributed by atoms with E-state index >= 15 is 0 Å². The molecule has 0 aliphatic heterocycles. The highest BCUT2D eigenvalue weighted by Crippen LogP contribution is 3.04. The van der Waals surface area contributed by atoms with Gasteiger partial charge in [0.1, 0.15) is 11.5 Å². The van der Waals surface area contributed by atoms with E-state index in [9.17, 15) is 28.6 Å². The average molecular weight is 550 g/mol. The van der Waals surface area contributed by atoms with Crippen LogP contribution in [0.25, 0.3) is 22.6 Å². The van der Waals surface area contributed by atoms with E-state index in [1.54, 1.807) is 36.8 Å². The average Bonchev–Trinajstić information content (AvgIpc) is 3.45. The summed E-state index contributed by atoms with van der Waals surface area (Å²) in [6.45, 7) is 0. The van der Waals surface area contributed by atoms with Crippen LogP contribution >= 0.6 is 10.2 Å². The van der Waals surface area contributed by atoms with Crippen molar-refractivity contribution in [3.8, 4) is 23.0 Å². The summed E-state index contributed by atoms with van der Waals surface area (Å²) in [4.78, 5) is 16.8. The van der Waals surface area contributed by atoms with Gasteiger partial charge in [-0.15, -0.1) is 0 Å². The van der Waals surface area contributed by atoms with E-state index in [2.05, 4.69) is 15.4 Å². The van der Waals surface area contributed by atoms with Crippen molar-refractivity contribution in [2.45, 2.75) is 11.2 Å². The predicted octanol–water partition coefficient (Wildman–Crippen LogP) is 6.71. The molecule has 5 rings (SSSR count). The van der Waals surface area contributed by atoms with Gasteiger partial charge in [-0.1, -0.05) is 31.6 Å². The molecule has 3 aromatic heterocycles. The molecule has 0 bridgehead atoms. The van der Waals surface area contributed by atoms with Crippen LogP contribution in [0, 0.1) is 17.1 Å².